The van der Waals surface area contributed by atoms with E-state index in [1.165, 1.54) is 0 Å². The minimum Gasteiger partial charge on any atom is -0.383 e. The van der Waals surface area contributed by atoms with Crippen LogP contribution >= 0.6 is 0 Å². The number of nitrogens with zero attached hydrogens (tertiary/aromatic N) is 3. The Labute approximate surface area is 227 Å². The van der Waals surface area contributed by atoms with E-state index in [4.69, 9.17) is 4.99 Å². The second kappa shape index (κ2) is 20.3. The SMILES string of the molecule is C=C/C(=C\N(C)C)c1cccc(C(C)=N/C(C)=C(C)/C(C=NC)=C/C)c1.CC.CC.CCC1(F)COC1. The fourth-order valence-electron chi connectivity index (χ4n) is 3.11. The first-order chi connectivity index (χ1) is 17.6. The fraction of sp³-hybridized carbons (Fsp3) is 0.500. The standard InChI is InChI=1S/C23H31N3.C5H9FO.2C2H6/c1-9-20(15-24-6)17(3)18(4)25-19(5)22-12-11-13-23(14-22)21(10-2)16-26(7)8;1-2-5(6)3-7-4-5;2*1-2/h9-16H,2H2,1,3-8H3;2-4H2,1H3;2*1-2H3/b18-17+,20-9+,21-16+,24-15?,25-19?;;;. The molecule has 37 heavy (non-hydrogen) atoms. The molecule has 1 aliphatic heterocycles. The Hall–Kier alpha value is -2.79. The van der Waals surface area contributed by atoms with Crippen molar-refractivity contribution >= 4 is 17.5 Å². The Kier molecular flexibility index (Phi) is 19.9. The van der Waals surface area contributed by atoms with Crippen LogP contribution in [0.5, 0.6) is 0 Å². The highest BCUT2D eigenvalue weighted by Gasteiger charge is 2.36. The van der Waals surface area contributed by atoms with Gasteiger partial charge in [-0.15, -0.1) is 0 Å². The molecular formula is C32H52FN3O. The van der Waals surface area contributed by atoms with Crippen LogP contribution in [0.4, 0.5) is 4.39 Å². The third-order valence-corrected chi connectivity index (χ3v) is 5.48. The van der Waals surface area contributed by atoms with E-state index in [9.17, 15) is 4.39 Å². The van der Waals surface area contributed by atoms with Crippen LogP contribution in [0.25, 0.3) is 5.57 Å². The second-order valence-corrected chi connectivity index (χ2v) is 8.37. The quantitative estimate of drug-likeness (QED) is 0.257. The third-order valence-electron chi connectivity index (χ3n) is 5.48. The maximum Gasteiger partial charge on any atom is 0.157 e. The van der Waals surface area contributed by atoms with Gasteiger partial charge in [-0.1, -0.05) is 71.5 Å². The van der Waals surface area contributed by atoms with Gasteiger partial charge in [0.2, 0.25) is 0 Å². The largest absolute Gasteiger partial charge is 0.383 e. The summed E-state index contributed by atoms with van der Waals surface area (Å²) < 4.78 is 17.2. The van der Waals surface area contributed by atoms with Crippen LogP contribution in [0.15, 0.2) is 76.0 Å². The number of hydrogen-bond acceptors (Lipinski definition) is 4. The minimum atomic E-state index is -0.958. The zero-order valence-electron chi connectivity index (χ0n) is 25.6. The summed E-state index contributed by atoms with van der Waals surface area (Å²) in [6, 6.07) is 8.40. The summed E-state index contributed by atoms with van der Waals surface area (Å²) in [5.41, 5.74) is 6.57. The van der Waals surface area contributed by atoms with Gasteiger partial charge in [0.25, 0.3) is 0 Å². The van der Waals surface area contributed by atoms with Crippen LogP contribution in [-0.2, 0) is 4.74 Å². The molecule has 0 bridgehead atoms. The summed E-state index contributed by atoms with van der Waals surface area (Å²) in [6.07, 6.45) is 8.46. The van der Waals surface area contributed by atoms with Gasteiger partial charge in [0.15, 0.2) is 5.67 Å². The van der Waals surface area contributed by atoms with E-state index in [2.05, 4.69) is 59.8 Å². The lowest BCUT2D eigenvalue weighted by molar-refractivity contribution is -0.130. The molecule has 0 atom stereocenters. The van der Waals surface area contributed by atoms with E-state index in [0.29, 0.717) is 19.6 Å². The number of rotatable bonds is 8. The summed E-state index contributed by atoms with van der Waals surface area (Å²) in [7, 11) is 5.80. The van der Waals surface area contributed by atoms with Crippen molar-refractivity contribution in [1.29, 1.82) is 0 Å². The van der Waals surface area contributed by atoms with Crippen LogP contribution in [0.2, 0.25) is 0 Å². The molecule has 1 aromatic rings. The Morgan fingerprint density at radius 1 is 1.11 bits per heavy atom. The first kappa shape index (κ1) is 36.4. The van der Waals surface area contributed by atoms with Gasteiger partial charge in [-0.05, 0) is 68.0 Å². The Balaban J connectivity index is 0. The molecule has 2 rings (SSSR count). The van der Waals surface area contributed by atoms with Crippen molar-refractivity contribution in [3.8, 4) is 0 Å². The van der Waals surface area contributed by atoms with Crippen LogP contribution < -0.4 is 0 Å². The minimum absolute atomic E-state index is 0.309. The zero-order chi connectivity index (χ0) is 29.0. The van der Waals surface area contributed by atoms with E-state index < -0.39 is 5.67 Å². The normalized spacial score (nSPS) is 15.5. The lowest BCUT2D eigenvalue weighted by atomic mass is 10.0. The molecule has 0 N–H and O–H groups in total. The van der Waals surface area contributed by atoms with E-state index in [-0.39, 0.29) is 0 Å². The molecule has 1 aromatic carbocycles. The van der Waals surface area contributed by atoms with Crippen LogP contribution in [0.1, 0.15) is 79.9 Å². The van der Waals surface area contributed by atoms with E-state index in [0.717, 1.165) is 39.3 Å². The number of aliphatic imine (C=N–C) groups is 2. The molecule has 0 spiro atoms. The van der Waals surface area contributed by atoms with E-state index in [1.807, 2.05) is 86.7 Å². The van der Waals surface area contributed by atoms with Crippen molar-refractivity contribution in [3.05, 3.63) is 77.2 Å². The average Bonchev–Trinajstić information content (AvgIpc) is 2.91. The van der Waals surface area contributed by atoms with Gasteiger partial charge in [0, 0.05) is 45.0 Å². The third kappa shape index (κ3) is 13.4. The zero-order valence-corrected chi connectivity index (χ0v) is 25.6. The van der Waals surface area contributed by atoms with Crippen molar-refractivity contribution < 1.29 is 9.13 Å². The van der Waals surface area contributed by atoms with Crippen molar-refractivity contribution in [2.75, 3.05) is 34.4 Å². The Morgan fingerprint density at radius 3 is 2.05 bits per heavy atom. The van der Waals surface area contributed by atoms with E-state index >= 15 is 0 Å². The number of benzene rings is 1. The monoisotopic (exact) mass is 513 g/mol. The number of hydrogen-bond donors (Lipinski definition) is 0. The van der Waals surface area contributed by atoms with Crippen LogP contribution in [0.3, 0.4) is 0 Å². The molecular weight excluding hydrogens is 461 g/mol. The smallest absolute Gasteiger partial charge is 0.157 e. The summed E-state index contributed by atoms with van der Waals surface area (Å²) in [5.74, 6) is 0. The summed E-state index contributed by atoms with van der Waals surface area (Å²) in [5, 5.41) is 0. The molecule has 208 valence electrons. The predicted molar refractivity (Wildman–Crippen MR) is 165 cm³/mol. The highest BCUT2D eigenvalue weighted by molar-refractivity contribution is 6.00. The van der Waals surface area contributed by atoms with Gasteiger partial charge < -0.3 is 9.64 Å². The predicted octanol–water partition coefficient (Wildman–Crippen LogP) is 8.71. The Bertz CT molecular complexity index is 943. The number of halogens is 1. The van der Waals surface area contributed by atoms with Gasteiger partial charge in [0.1, 0.15) is 0 Å². The summed E-state index contributed by atoms with van der Waals surface area (Å²) in [6.45, 7) is 22.6. The van der Waals surface area contributed by atoms with Crippen molar-refractivity contribution in [1.82, 2.24) is 4.90 Å². The molecule has 0 aromatic heterocycles. The highest BCUT2D eigenvalue weighted by atomic mass is 19.1. The first-order valence-corrected chi connectivity index (χ1v) is 13.3. The Morgan fingerprint density at radius 2 is 1.68 bits per heavy atom. The van der Waals surface area contributed by atoms with Crippen molar-refractivity contribution in [2.24, 2.45) is 9.98 Å². The lowest BCUT2D eigenvalue weighted by Crippen LogP contribution is -2.44. The lowest BCUT2D eigenvalue weighted by Gasteiger charge is -2.32. The van der Waals surface area contributed by atoms with Crippen molar-refractivity contribution in [2.45, 2.75) is 74.4 Å². The number of alkyl halides is 1. The van der Waals surface area contributed by atoms with Gasteiger partial charge in [-0.3, -0.25) is 9.98 Å². The topological polar surface area (TPSA) is 37.2 Å². The maximum absolute atomic E-state index is 12.5. The first-order valence-electron chi connectivity index (χ1n) is 13.3. The molecule has 0 saturated carbocycles. The highest BCUT2D eigenvalue weighted by Crippen LogP contribution is 2.24. The molecule has 0 amide bonds. The molecule has 1 fully saturated rings. The van der Waals surface area contributed by atoms with Gasteiger partial charge in [-0.25, -0.2) is 4.39 Å². The van der Waals surface area contributed by atoms with Gasteiger partial charge in [-0.2, -0.15) is 0 Å². The summed E-state index contributed by atoms with van der Waals surface area (Å²) >= 11 is 0. The summed E-state index contributed by atoms with van der Waals surface area (Å²) in [4.78, 5) is 11.0. The van der Waals surface area contributed by atoms with Crippen LogP contribution in [-0.4, -0.2) is 56.9 Å². The molecule has 1 saturated heterocycles. The molecule has 0 radical (unpaired) electrons. The molecule has 0 aliphatic carbocycles. The molecule has 0 unspecified atom stereocenters. The number of allylic oxidation sites excluding steroid dienone is 6. The van der Waals surface area contributed by atoms with Gasteiger partial charge in [0.05, 0.1) is 13.2 Å². The molecule has 1 heterocycles. The molecule has 4 nitrogen and oxygen atoms in total. The van der Waals surface area contributed by atoms with Crippen LogP contribution in [0, 0.1) is 0 Å². The van der Waals surface area contributed by atoms with E-state index in [1.54, 1.807) is 7.05 Å². The second-order valence-electron chi connectivity index (χ2n) is 8.37. The molecule has 5 heteroatoms. The fourth-order valence-corrected chi connectivity index (χ4v) is 3.11. The molecule has 1 aliphatic rings. The number of ether oxygens (including phenoxy) is 1. The average molecular weight is 514 g/mol. The maximum atomic E-state index is 12.5. The van der Waals surface area contributed by atoms with Gasteiger partial charge >= 0.3 is 0 Å². The van der Waals surface area contributed by atoms with Crippen molar-refractivity contribution in [3.63, 3.8) is 0 Å².